The molecule has 2 aromatic carbocycles. The number of benzene rings is 2. The van der Waals surface area contributed by atoms with Gasteiger partial charge in [-0.05, 0) is 29.7 Å². The van der Waals surface area contributed by atoms with Crippen LogP contribution >= 0.6 is 11.6 Å². The molecule has 2 N–H and O–H groups in total. The molecule has 152 valence electrons. The van der Waals surface area contributed by atoms with Gasteiger partial charge in [-0.25, -0.2) is 0 Å². The summed E-state index contributed by atoms with van der Waals surface area (Å²) in [6, 6.07) is 14.8. The monoisotopic (exact) mass is 411 g/mol. The SMILES string of the molecule is CCC[C@H]1N[C@@H](C(=O)N(C)C)[C@H](c2ccccc2)[C@@]12C(=O)Nc1cc(Cl)ccc12. The van der Waals surface area contributed by atoms with Gasteiger partial charge >= 0.3 is 0 Å². The first-order valence-corrected chi connectivity index (χ1v) is 10.4. The van der Waals surface area contributed by atoms with Crippen LogP contribution < -0.4 is 10.6 Å². The van der Waals surface area contributed by atoms with Gasteiger partial charge in [0.1, 0.15) is 5.41 Å². The third-order valence-electron chi connectivity index (χ3n) is 6.25. The van der Waals surface area contributed by atoms with Crippen molar-refractivity contribution in [3.05, 3.63) is 64.7 Å². The number of hydrogen-bond donors (Lipinski definition) is 2. The Morgan fingerprint density at radius 2 is 1.90 bits per heavy atom. The van der Waals surface area contributed by atoms with E-state index in [-0.39, 0.29) is 23.8 Å². The lowest BCUT2D eigenvalue weighted by atomic mass is 9.64. The van der Waals surface area contributed by atoms with E-state index in [1.807, 2.05) is 42.5 Å². The van der Waals surface area contributed by atoms with Gasteiger partial charge in [-0.1, -0.05) is 61.3 Å². The topological polar surface area (TPSA) is 61.4 Å². The fourth-order valence-electron chi connectivity index (χ4n) is 5.11. The lowest BCUT2D eigenvalue weighted by Gasteiger charge is -2.35. The molecule has 0 aromatic heterocycles. The number of carbonyl (C=O) groups excluding carboxylic acids is 2. The molecule has 2 heterocycles. The molecule has 0 aliphatic carbocycles. The molecule has 4 rings (SSSR count). The molecular weight excluding hydrogens is 386 g/mol. The van der Waals surface area contributed by atoms with E-state index < -0.39 is 11.5 Å². The summed E-state index contributed by atoms with van der Waals surface area (Å²) in [5, 5.41) is 7.19. The Morgan fingerprint density at radius 3 is 2.55 bits per heavy atom. The van der Waals surface area contributed by atoms with E-state index in [2.05, 4.69) is 17.6 Å². The highest BCUT2D eigenvalue weighted by atomic mass is 35.5. The van der Waals surface area contributed by atoms with E-state index in [0.717, 1.165) is 29.7 Å². The number of hydrogen-bond acceptors (Lipinski definition) is 3. The van der Waals surface area contributed by atoms with Crippen molar-refractivity contribution in [2.24, 2.45) is 0 Å². The molecule has 1 spiro atoms. The Hall–Kier alpha value is -2.37. The molecule has 29 heavy (non-hydrogen) atoms. The van der Waals surface area contributed by atoms with Gasteiger partial charge in [0.15, 0.2) is 0 Å². The molecule has 0 saturated carbocycles. The van der Waals surface area contributed by atoms with Gasteiger partial charge in [-0.2, -0.15) is 0 Å². The summed E-state index contributed by atoms with van der Waals surface area (Å²) in [4.78, 5) is 28.5. The van der Waals surface area contributed by atoms with Crippen LogP contribution in [0.5, 0.6) is 0 Å². The van der Waals surface area contributed by atoms with Crippen molar-refractivity contribution in [1.29, 1.82) is 0 Å². The second-order valence-corrected chi connectivity index (χ2v) is 8.56. The van der Waals surface area contributed by atoms with Gasteiger partial charge < -0.3 is 15.5 Å². The minimum absolute atomic E-state index is 0.0213. The number of amides is 2. The minimum Gasteiger partial charge on any atom is -0.347 e. The first-order chi connectivity index (χ1) is 13.9. The normalized spacial score (nSPS) is 27.7. The molecule has 2 aliphatic heterocycles. The van der Waals surface area contributed by atoms with Gasteiger partial charge in [0, 0.05) is 36.8 Å². The van der Waals surface area contributed by atoms with Crippen LogP contribution in [0.1, 0.15) is 36.8 Å². The van der Waals surface area contributed by atoms with Crippen LogP contribution in [-0.4, -0.2) is 42.9 Å². The molecule has 2 aromatic rings. The van der Waals surface area contributed by atoms with E-state index in [9.17, 15) is 9.59 Å². The van der Waals surface area contributed by atoms with E-state index in [1.165, 1.54) is 0 Å². The first kappa shape index (κ1) is 19.9. The van der Waals surface area contributed by atoms with Crippen LogP contribution in [-0.2, 0) is 15.0 Å². The molecule has 0 radical (unpaired) electrons. The minimum atomic E-state index is -0.867. The number of likely N-dealkylation sites (N-methyl/N-ethyl adjacent to an activating group) is 1. The van der Waals surface area contributed by atoms with Crippen molar-refractivity contribution in [3.63, 3.8) is 0 Å². The zero-order valence-electron chi connectivity index (χ0n) is 16.9. The third kappa shape index (κ3) is 2.95. The maximum absolute atomic E-state index is 13.7. The zero-order chi connectivity index (χ0) is 20.8. The smallest absolute Gasteiger partial charge is 0.239 e. The molecule has 2 aliphatic rings. The number of rotatable bonds is 4. The predicted molar refractivity (Wildman–Crippen MR) is 115 cm³/mol. The average Bonchev–Trinajstić information content (AvgIpc) is 3.18. The van der Waals surface area contributed by atoms with Crippen molar-refractivity contribution >= 4 is 29.1 Å². The second-order valence-electron chi connectivity index (χ2n) is 8.12. The molecule has 5 nitrogen and oxygen atoms in total. The summed E-state index contributed by atoms with van der Waals surface area (Å²) < 4.78 is 0. The Morgan fingerprint density at radius 1 is 1.17 bits per heavy atom. The van der Waals surface area contributed by atoms with Gasteiger partial charge in [-0.15, -0.1) is 0 Å². The van der Waals surface area contributed by atoms with Gasteiger partial charge in [0.2, 0.25) is 11.8 Å². The Labute approximate surface area is 176 Å². The third-order valence-corrected chi connectivity index (χ3v) is 6.48. The Balaban J connectivity index is 1.98. The molecule has 2 amide bonds. The number of carbonyl (C=O) groups is 2. The summed E-state index contributed by atoms with van der Waals surface area (Å²) in [6.07, 6.45) is 1.69. The zero-order valence-corrected chi connectivity index (χ0v) is 17.7. The number of halogens is 1. The summed E-state index contributed by atoms with van der Waals surface area (Å²) in [5.41, 5.74) is 1.77. The largest absolute Gasteiger partial charge is 0.347 e. The number of nitrogens with zero attached hydrogens (tertiary/aromatic N) is 1. The van der Waals surface area contributed by atoms with Crippen LogP contribution in [0.4, 0.5) is 5.69 Å². The summed E-state index contributed by atoms with van der Waals surface area (Å²) in [7, 11) is 3.52. The number of anilines is 1. The quantitative estimate of drug-likeness (QED) is 0.808. The fourth-order valence-corrected chi connectivity index (χ4v) is 5.29. The Kier molecular flexibility index (Phi) is 5.13. The molecule has 0 bridgehead atoms. The van der Waals surface area contributed by atoms with Crippen LogP contribution in [0.2, 0.25) is 5.02 Å². The highest BCUT2D eigenvalue weighted by Crippen LogP contribution is 2.55. The second kappa shape index (κ2) is 7.47. The molecule has 4 atom stereocenters. The summed E-state index contributed by atoms with van der Waals surface area (Å²) >= 11 is 6.21. The molecule has 1 saturated heterocycles. The summed E-state index contributed by atoms with van der Waals surface area (Å²) in [6.45, 7) is 2.10. The summed E-state index contributed by atoms with van der Waals surface area (Å²) in [5.74, 6) is -0.409. The van der Waals surface area contributed by atoms with E-state index in [0.29, 0.717) is 5.02 Å². The van der Waals surface area contributed by atoms with Crippen LogP contribution in [0.25, 0.3) is 0 Å². The first-order valence-electron chi connectivity index (χ1n) is 10.0. The van der Waals surface area contributed by atoms with Crippen LogP contribution in [0.15, 0.2) is 48.5 Å². The fraction of sp³-hybridized carbons (Fsp3) is 0.391. The maximum atomic E-state index is 13.7. The van der Waals surface area contributed by atoms with Crippen LogP contribution in [0, 0.1) is 0 Å². The maximum Gasteiger partial charge on any atom is 0.239 e. The van der Waals surface area contributed by atoms with Gasteiger partial charge in [0.05, 0.1) is 6.04 Å². The highest BCUT2D eigenvalue weighted by Gasteiger charge is 2.65. The standard InChI is InChI=1S/C23H26ClN3O2/c1-4-8-18-23(16-12-11-15(24)13-17(16)25-22(23)29)19(14-9-6-5-7-10-14)20(26-18)21(28)27(2)3/h5-7,9-13,18-20,26H,4,8H2,1-3H3,(H,25,29)/t18-,19+,20-,23+/m1/s1. The highest BCUT2D eigenvalue weighted by molar-refractivity contribution is 6.31. The van der Waals surface area contributed by atoms with E-state index in [4.69, 9.17) is 11.6 Å². The van der Waals surface area contributed by atoms with Crippen LogP contribution in [0.3, 0.4) is 0 Å². The van der Waals surface area contributed by atoms with Crippen molar-refractivity contribution in [1.82, 2.24) is 10.2 Å². The van der Waals surface area contributed by atoms with Gasteiger partial charge in [0.25, 0.3) is 0 Å². The van der Waals surface area contributed by atoms with E-state index in [1.54, 1.807) is 25.1 Å². The van der Waals surface area contributed by atoms with E-state index >= 15 is 0 Å². The lowest BCUT2D eigenvalue weighted by molar-refractivity contribution is -0.131. The number of nitrogens with one attached hydrogen (secondary N) is 2. The molecule has 0 unspecified atom stereocenters. The molecule has 1 fully saturated rings. The van der Waals surface area contributed by atoms with Crippen molar-refractivity contribution < 1.29 is 9.59 Å². The molecule has 6 heteroatoms. The Bertz CT molecular complexity index is 946. The average molecular weight is 412 g/mol. The number of fused-ring (bicyclic) bond motifs is 2. The molecular formula is C23H26ClN3O2. The lowest BCUT2D eigenvalue weighted by Crippen LogP contribution is -2.48. The van der Waals surface area contributed by atoms with Crippen molar-refractivity contribution in [2.45, 2.75) is 43.2 Å². The van der Waals surface area contributed by atoms with Crippen molar-refractivity contribution in [3.8, 4) is 0 Å². The van der Waals surface area contributed by atoms with Crippen molar-refractivity contribution in [2.75, 3.05) is 19.4 Å². The van der Waals surface area contributed by atoms with Gasteiger partial charge in [-0.3, -0.25) is 9.59 Å². The predicted octanol–water partition coefficient (Wildman–Crippen LogP) is 3.54.